The van der Waals surface area contributed by atoms with Gasteiger partial charge in [-0.25, -0.2) is 8.42 Å². The fourth-order valence-electron chi connectivity index (χ4n) is 3.70. The average Bonchev–Trinajstić information content (AvgIpc) is 2.74. The van der Waals surface area contributed by atoms with Crippen LogP contribution in [0.15, 0.2) is 53.4 Å². The van der Waals surface area contributed by atoms with E-state index in [4.69, 9.17) is 0 Å². The Kier molecular flexibility index (Phi) is 7.50. The molecule has 1 aliphatic heterocycles. The van der Waals surface area contributed by atoms with Crippen LogP contribution in [0.2, 0.25) is 0 Å². The summed E-state index contributed by atoms with van der Waals surface area (Å²) in [5.74, 6) is -0.213. The Hall–Kier alpha value is -2.38. The molecule has 6 nitrogen and oxygen atoms in total. The molecule has 0 spiro atoms. The van der Waals surface area contributed by atoms with Gasteiger partial charge in [0, 0.05) is 50.2 Å². The number of sulfone groups is 1. The molecule has 1 aliphatic rings. The highest BCUT2D eigenvalue weighted by Crippen LogP contribution is 2.17. The van der Waals surface area contributed by atoms with Crippen molar-refractivity contribution >= 4 is 21.4 Å². The number of hydrogen-bond acceptors (Lipinski definition) is 5. The van der Waals surface area contributed by atoms with Crippen molar-refractivity contribution in [1.82, 2.24) is 10.2 Å². The molecule has 7 heteroatoms. The van der Waals surface area contributed by atoms with Crippen LogP contribution in [0.4, 0.5) is 5.69 Å². The second kappa shape index (κ2) is 10.1. The summed E-state index contributed by atoms with van der Waals surface area (Å²) >= 11 is 0. The molecule has 1 heterocycles. The average molecular weight is 430 g/mol. The fourth-order valence-corrected chi connectivity index (χ4v) is 4.35. The summed E-state index contributed by atoms with van der Waals surface area (Å²) in [5.41, 5.74) is 2.49. The molecule has 3 rings (SSSR count). The number of rotatable bonds is 8. The minimum atomic E-state index is -3.33. The zero-order valence-corrected chi connectivity index (χ0v) is 18.6. The number of carbonyl (C=O) groups excluding carboxylic acids is 1. The summed E-state index contributed by atoms with van der Waals surface area (Å²) in [4.78, 5) is 17.5. The minimum absolute atomic E-state index is 0.174. The Morgan fingerprint density at radius 3 is 2.37 bits per heavy atom. The number of nitrogens with zero attached hydrogens (tertiary/aromatic N) is 2. The molecule has 162 valence electrons. The van der Waals surface area contributed by atoms with Crippen LogP contribution in [-0.2, 0) is 9.84 Å². The second-order valence-corrected chi connectivity index (χ2v) is 9.89. The molecule has 0 bridgehead atoms. The van der Waals surface area contributed by atoms with Crippen LogP contribution in [0.1, 0.15) is 28.8 Å². The lowest BCUT2D eigenvalue weighted by Crippen LogP contribution is -2.46. The first-order valence-corrected chi connectivity index (χ1v) is 12.3. The van der Waals surface area contributed by atoms with E-state index in [1.807, 2.05) is 13.0 Å². The van der Waals surface area contributed by atoms with E-state index in [2.05, 4.69) is 39.4 Å². The molecule has 1 saturated heterocycles. The molecule has 1 amide bonds. The first kappa shape index (κ1) is 22.3. The third-order valence-corrected chi connectivity index (χ3v) is 6.67. The number of carbonyl (C=O) groups is 1. The number of amides is 1. The molecule has 0 aromatic heterocycles. The Morgan fingerprint density at radius 2 is 1.70 bits per heavy atom. The minimum Gasteiger partial charge on any atom is -0.369 e. The third-order valence-electron chi connectivity index (χ3n) is 5.56. The molecule has 30 heavy (non-hydrogen) atoms. The van der Waals surface area contributed by atoms with E-state index in [0.717, 1.165) is 57.4 Å². The van der Waals surface area contributed by atoms with Crippen LogP contribution in [0.5, 0.6) is 0 Å². The number of para-hydroxylation sites is 1. The molecule has 0 aliphatic carbocycles. The lowest BCUT2D eigenvalue weighted by molar-refractivity contribution is 0.0951. The summed E-state index contributed by atoms with van der Waals surface area (Å²) in [6.45, 7) is 7.62. The Labute approximate surface area is 179 Å². The first-order chi connectivity index (χ1) is 14.3. The summed E-state index contributed by atoms with van der Waals surface area (Å²) in [6.07, 6.45) is 3.07. The number of benzene rings is 2. The molecule has 1 fully saturated rings. The maximum atomic E-state index is 12.5. The van der Waals surface area contributed by atoms with Gasteiger partial charge in [-0.05, 0) is 56.1 Å². The van der Waals surface area contributed by atoms with Crippen molar-refractivity contribution in [3.63, 3.8) is 0 Å². The van der Waals surface area contributed by atoms with Gasteiger partial charge in [0.1, 0.15) is 0 Å². The molecule has 0 atom stereocenters. The van der Waals surface area contributed by atoms with E-state index in [0.29, 0.717) is 12.1 Å². The van der Waals surface area contributed by atoms with Gasteiger partial charge in [-0.15, -0.1) is 0 Å². The highest BCUT2D eigenvalue weighted by molar-refractivity contribution is 7.90. The number of anilines is 1. The van der Waals surface area contributed by atoms with Crippen molar-refractivity contribution < 1.29 is 13.2 Å². The van der Waals surface area contributed by atoms with Crippen molar-refractivity contribution in [3.8, 4) is 0 Å². The lowest BCUT2D eigenvalue weighted by Gasteiger charge is -2.36. The van der Waals surface area contributed by atoms with E-state index in [9.17, 15) is 13.2 Å². The highest BCUT2D eigenvalue weighted by Gasteiger charge is 2.17. The Bertz CT molecular complexity index is 953. The molecular formula is C23H31N3O3S. The van der Waals surface area contributed by atoms with Gasteiger partial charge in [-0.1, -0.05) is 24.3 Å². The van der Waals surface area contributed by atoms with E-state index >= 15 is 0 Å². The topological polar surface area (TPSA) is 69.7 Å². The number of piperazine rings is 1. The molecule has 2 aromatic carbocycles. The zero-order chi connectivity index (χ0) is 21.6. The standard InChI is InChI=1S/C23H31N3O3S/c1-19-10-11-21(30(2,28)29)18-22(19)23(27)24-12-6-7-13-25-14-16-26(17-15-25)20-8-4-3-5-9-20/h3-5,8-11,18H,6-7,12-17H2,1-2H3,(H,24,27). The van der Waals surface area contributed by atoms with Gasteiger partial charge in [0.05, 0.1) is 4.90 Å². The van der Waals surface area contributed by atoms with Crippen molar-refractivity contribution in [2.24, 2.45) is 0 Å². The molecule has 2 aromatic rings. The predicted octanol–water partition coefficient (Wildman–Crippen LogP) is 2.73. The van der Waals surface area contributed by atoms with Gasteiger partial charge in [0.25, 0.3) is 5.91 Å². The van der Waals surface area contributed by atoms with Crippen LogP contribution >= 0.6 is 0 Å². The summed E-state index contributed by atoms with van der Waals surface area (Å²) in [7, 11) is -3.33. The largest absolute Gasteiger partial charge is 0.369 e. The SMILES string of the molecule is Cc1ccc(S(C)(=O)=O)cc1C(=O)NCCCCN1CCN(c2ccccc2)CC1. The van der Waals surface area contributed by atoms with Gasteiger partial charge in [0.2, 0.25) is 0 Å². The van der Waals surface area contributed by atoms with Gasteiger partial charge in [0.15, 0.2) is 9.84 Å². The van der Waals surface area contributed by atoms with E-state index < -0.39 is 9.84 Å². The van der Waals surface area contributed by atoms with Crippen LogP contribution in [0.3, 0.4) is 0 Å². The number of hydrogen-bond donors (Lipinski definition) is 1. The van der Waals surface area contributed by atoms with E-state index in [-0.39, 0.29) is 10.8 Å². The van der Waals surface area contributed by atoms with Crippen LogP contribution < -0.4 is 10.2 Å². The van der Waals surface area contributed by atoms with Crippen LogP contribution in [-0.4, -0.2) is 64.7 Å². The highest BCUT2D eigenvalue weighted by atomic mass is 32.2. The normalized spacial score (nSPS) is 15.2. The van der Waals surface area contributed by atoms with Crippen molar-refractivity contribution in [1.29, 1.82) is 0 Å². The summed E-state index contributed by atoms with van der Waals surface area (Å²) in [5, 5.41) is 2.92. The van der Waals surface area contributed by atoms with Crippen molar-refractivity contribution in [3.05, 3.63) is 59.7 Å². The van der Waals surface area contributed by atoms with Gasteiger partial charge >= 0.3 is 0 Å². The van der Waals surface area contributed by atoms with Gasteiger partial charge in [-0.3, -0.25) is 9.69 Å². The van der Waals surface area contributed by atoms with Gasteiger partial charge < -0.3 is 10.2 Å². The van der Waals surface area contributed by atoms with E-state index in [1.165, 1.54) is 11.8 Å². The zero-order valence-electron chi connectivity index (χ0n) is 17.8. The number of nitrogens with one attached hydrogen (secondary N) is 1. The summed E-state index contributed by atoms with van der Waals surface area (Å²) < 4.78 is 23.5. The first-order valence-electron chi connectivity index (χ1n) is 10.5. The second-order valence-electron chi connectivity index (χ2n) is 7.88. The van der Waals surface area contributed by atoms with Crippen molar-refractivity contribution in [2.75, 3.05) is 50.4 Å². The third kappa shape index (κ3) is 6.06. The van der Waals surface area contributed by atoms with E-state index in [1.54, 1.807) is 12.1 Å². The maximum absolute atomic E-state index is 12.5. The molecule has 0 unspecified atom stereocenters. The quantitative estimate of drug-likeness (QED) is 0.654. The molecular weight excluding hydrogens is 398 g/mol. The van der Waals surface area contributed by atoms with Crippen LogP contribution in [0.25, 0.3) is 0 Å². The fraction of sp³-hybridized carbons (Fsp3) is 0.435. The lowest BCUT2D eigenvalue weighted by atomic mass is 10.1. The predicted molar refractivity (Wildman–Crippen MR) is 121 cm³/mol. The van der Waals surface area contributed by atoms with Crippen molar-refractivity contribution in [2.45, 2.75) is 24.7 Å². The van der Waals surface area contributed by atoms with Gasteiger partial charge in [-0.2, -0.15) is 0 Å². The number of unbranched alkanes of at least 4 members (excludes halogenated alkanes) is 1. The Morgan fingerprint density at radius 1 is 1.00 bits per heavy atom. The maximum Gasteiger partial charge on any atom is 0.251 e. The number of aryl methyl sites for hydroxylation is 1. The van der Waals surface area contributed by atoms with Crippen LogP contribution in [0, 0.1) is 6.92 Å². The monoisotopic (exact) mass is 429 g/mol. The molecule has 1 N–H and O–H groups in total. The molecule has 0 saturated carbocycles. The Balaban J connectivity index is 1.37. The molecule has 0 radical (unpaired) electrons. The summed E-state index contributed by atoms with van der Waals surface area (Å²) in [6, 6.07) is 15.2. The smallest absolute Gasteiger partial charge is 0.251 e.